The molecule has 3 N–H and O–H groups in total. The molecule has 1 aromatic rings. The van der Waals surface area contributed by atoms with Crippen LogP contribution in [0.25, 0.3) is 0 Å². The molecule has 1 aromatic heterocycles. The van der Waals surface area contributed by atoms with Crippen molar-refractivity contribution in [3.63, 3.8) is 0 Å². The van der Waals surface area contributed by atoms with E-state index in [0.29, 0.717) is 22.7 Å². The van der Waals surface area contributed by atoms with Gasteiger partial charge < -0.3 is 20.4 Å². The second-order valence-electron chi connectivity index (χ2n) is 4.73. The van der Waals surface area contributed by atoms with E-state index in [1.165, 1.54) is 7.11 Å². The third-order valence-corrected chi connectivity index (χ3v) is 3.17. The van der Waals surface area contributed by atoms with Gasteiger partial charge in [0, 0.05) is 30.4 Å². The number of carbonyl (C=O) groups excluding carboxylic acids is 2. The number of carbonyl (C=O) groups is 2. The molecule has 0 spiro atoms. The Morgan fingerprint density at radius 3 is 2.70 bits per heavy atom. The molecule has 0 aliphatic heterocycles. The van der Waals surface area contributed by atoms with Crippen molar-refractivity contribution in [2.24, 2.45) is 13.0 Å². The Bertz CT molecular complexity index is 626. The molecule has 0 saturated heterocycles. The quantitative estimate of drug-likeness (QED) is 0.805. The minimum absolute atomic E-state index is 0.0868. The summed E-state index contributed by atoms with van der Waals surface area (Å²) in [4.78, 5) is 23.6. The van der Waals surface area contributed by atoms with E-state index in [1.54, 1.807) is 36.0 Å². The van der Waals surface area contributed by atoms with Crippen molar-refractivity contribution >= 4 is 17.6 Å². The van der Waals surface area contributed by atoms with Gasteiger partial charge in [-0.15, -0.1) is 0 Å². The molecule has 20 heavy (non-hydrogen) atoms. The first-order chi connectivity index (χ1) is 9.42. The van der Waals surface area contributed by atoms with E-state index in [4.69, 9.17) is 10.5 Å². The number of methoxy groups -OCH3 is 1. The molecule has 0 fully saturated rings. The van der Waals surface area contributed by atoms with Gasteiger partial charge in [-0.2, -0.15) is 0 Å². The van der Waals surface area contributed by atoms with Gasteiger partial charge in [0.2, 0.25) is 0 Å². The summed E-state index contributed by atoms with van der Waals surface area (Å²) in [6.07, 6.45) is 5.09. The monoisotopic (exact) mass is 275 g/mol. The lowest BCUT2D eigenvalue weighted by molar-refractivity contribution is -0.136. The van der Waals surface area contributed by atoms with E-state index >= 15 is 0 Å². The number of ether oxygens (including phenoxy) is 1. The Kier molecular flexibility index (Phi) is 3.65. The molecule has 6 nitrogen and oxygen atoms in total. The van der Waals surface area contributed by atoms with Crippen LogP contribution in [-0.2, 0) is 16.6 Å². The lowest BCUT2D eigenvalue weighted by Crippen LogP contribution is -2.23. The summed E-state index contributed by atoms with van der Waals surface area (Å²) in [5, 5.41) is 2.75. The smallest absolute Gasteiger partial charge is 0.334 e. The third kappa shape index (κ3) is 2.59. The van der Waals surface area contributed by atoms with Crippen molar-refractivity contribution in [1.82, 2.24) is 9.88 Å². The molecule has 1 atom stereocenters. The summed E-state index contributed by atoms with van der Waals surface area (Å²) in [6, 6.07) is 1.60. The van der Waals surface area contributed by atoms with E-state index in [1.807, 2.05) is 6.92 Å². The molecule has 1 aliphatic carbocycles. The number of nitrogens with two attached hydrogens (primary N) is 1. The maximum Gasteiger partial charge on any atom is 0.334 e. The average Bonchev–Trinajstić information content (AvgIpc) is 2.91. The van der Waals surface area contributed by atoms with E-state index < -0.39 is 0 Å². The van der Waals surface area contributed by atoms with Crippen LogP contribution in [0.2, 0.25) is 0 Å². The lowest BCUT2D eigenvalue weighted by Gasteiger charge is -2.04. The first kappa shape index (κ1) is 13.9. The van der Waals surface area contributed by atoms with Crippen molar-refractivity contribution in [2.75, 3.05) is 12.8 Å². The maximum absolute atomic E-state index is 12.1. The second kappa shape index (κ2) is 5.24. The fraction of sp³-hybridized carbons (Fsp3) is 0.286. The van der Waals surface area contributed by atoms with E-state index in [9.17, 15) is 9.59 Å². The second-order valence-corrected chi connectivity index (χ2v) is 4.73. The van der Waals surface area contributed by atoms with Crippen LogP contribution in [0.1, 0.15) is 17.4 Å². The van der Waals surface area contributed by atoms with Crippen molar-refractivity contribution in [2.45, 2.75) is 6.92 Å². The molecule has 0 radical (unpaired) electrons. The highest BCUT2D eigenvalue weighted by Gasteiger charge is 2.23. The number of nitrogen functional groups attached to an aromatic ring is 1. The molecule has 2 rings (SSSR count). The standard InChI is InChI=1S/C14H17N3O3/c1-8-4-10(6-11(8)14(19)20-3)16-13(18)12-5-9(15)7-17(12)2/h4-8H,15H2,1-3H3,(H,16,18). The topological polar surface area (TPSA) is 86.3 Å². The molecule has 0 aromatic carbocycles. The Morgan fingerprint density at radius 1 is 1.45 bits per heavy atom. The minimum Gasteiger partial charge on any atom is -0.466 e. The molecule has 106 valence electrons. The molecular weight excluding hydrogens is 258 g/mol. The minimum atomic E-state index is -0.388. The predicted molar refractivity (Wildman–Crippen MR) is 74.6 cm³/mol. The Hall–Kier alpha value is -2.50. The number of aryl methyl sites for hydroxylation is 1. The number of hydrogen-bond acceptors (Lipinski definition) is 4. The highest BCUT2D eigenvalue weighted by Crippen LogP contribution is 2.23. The number of aromatic nitrogens is 1. The molecule has 0 saturated carbocycles. The first-order valence-corrected chi connectivity index (χ1v) is 6.17. The Labute approximate surface area is 116 Å². The van der Waals surface area contributed by atoms with Crippen molar-refractivity contribution < 1.29 is 14.3 Å². The fourth-order valence-corrected chi connectivity index (χ4v) is 2.16. The normalized spacial score (nSPS) is 17.4. The van der Waals surface area contributed by atoms with Gasteiger partial charge in [0.1, 0.15) is 5.69 Å². The fourth-order valence-electron chi connectivity index (χ4n) is 2.16. The third-order valence-electron chi connectivity index (χ3n) is 3.17. The van der Waals surface area contributed by atoms with Crippen LogP contribution in [0.5, 0.6) is 0 Å². The van der Waals surface area contributed by atoms with E-state index in [2.05, 4.69) is 5.32 Å². The van der Waals surface area contributed by atoms with Gasteiger partial charge >= 0.3 is 5.97 Å². The van der Waals surface area contributed by atoms with Gasteiger partial charge in [0.15, 0.2) is 0 Å². The summed E-state index contributed by atoms with van der Waals surface area (Å²) in [6.45, 7) is 1.86. The van der Waals surface area contributed by atoms with Gasteiger partial charge in [0.05, 0.1) is 12.8 Å². The maximum atomic E-state index is 12.1. The van der Waals surface area contributed by atoms with E-state index in [-0.39, 0.29) is 17.8 Å². The Balaban J connectivity index is 2.13. The van der Waals surface area contributed by atoms with Gasteiger partial charge in [-0.05, 0) is 12.1 Å². The van der Waals surface area contributed by atoms with Crippen molar-refractivity contribution in [3.8, 4) is 0 Å². The van der Waals surface area contributed by atoms with Crippen molar-refractivity contribution in [1.29, 1.82) is 0 Å². The van der Waals surface area contributed by atoms with Crippen LogP contribution in [0.3, 0.4) is 0 Å². The zero-order valence-electron chi connectivity index (χ0n) is 11.6. The lowest BCUT2D eigenvalue weighted by atomic mass is 10.1. The van der Waals surface area contributed by atoms with E-state index in [0.717, 1.165) is 0 Å². The highest BCUT2D eigenvalue weighted by molar-refractivity contribution is 5.96. The number of amides is 1. The predicted octanol–water partition coefficient (Wildman–Crippen LogP) is 0.970. The van der Waals surface area contributed by atoms with Gasteiger partial charge in [-0.3, -0.25) is 4.79 Å². The van der Waals surface area contributed by atoms with Crippen LogP contribution in [0.4, 0.5) is 5.69 Å². The SMILES string of the molecule is COC(=O)C1=CC(NC(=O)c2cc(N)cn2C)=CC1C. The summed E-state index contributed by atoms with van der Waals surface area (Å²) < 4.78 is 6.34. The largest absolute Gasteiger partial charge is 0.466 e. The molecule has 0 bridgehead atoms. The van der Waals surface area contributed by atoms with Gasteiger partial charge in [-0.1, -0.05) is 13.0 Å². The molecule has 6 heteroatoms. The number of allylic oxidation sites excluding steroid dienone is 2. The zero-order chi connectivity index (χ0) is 14.9. The molecule has 1 amide bonds. The number of hydrogen-bond donors (Lipinski definition) is 2. The Morgan fingerprint density at radius 2 is 2.15 bits per heavy atom. The number of nitrogens with one attached hydrogen (secondary N) is 1. The summed E-state index contributed by atoms with van der Waals surface area (Å²) in [7, 11) is 3.08. The van der Waals surface area contributed by atoms with Crippen molar-refractivity contribution in [3.05, 3.63) is 41.4 Å². The number of esters is 1. The van der Waals surface area contributed by atoms with Gasteiger partial charge in [-0.25, -0.2) is 4.79 Å². The summed E-state index contributed by atoms with van der Waals surface area (Å²) >= 11 is 0. The first-order valence-electron chi connectivity index (χ1n) is 6.17. The average molecular weight is 275 g/mol. The molecule has 1 unspecified atom stereocenters. The van der Waals surface area contributed by atoms with Crippen LogP contribution >= 0.6 is 0 Å². The summed E-state index contributed by atoms with van der Waals surface area (Å²) in [5.74, 6) is -0.748. The number of rotatable bonds is 3. The number of anilines is 1. The molecule has 1 heterocycles. The zero-order valence-corrected chi connectivity index (χ0v) is 11.6. The summed E-state index contributed by atoms with van der Waals surface area (Å²) in [5.41, 5.74) is 7.73. The number of nitrogens with zero attached hydrogens (tertiary/aromatic N) is 1. The highest BCUT2D eigenvalue weighted by atomic mass is 16.5. The van der Waals surface area contributed by atoms with Gasteiger partial charge in [0.25, 0.3) is 5.91 Å². The molecule has 1 aliphatic rings. The van der Waals surface area contributed by atoms with Crippen LogP contribution < -0.4 is 11.1 Å². The van der Waals surface area contributed by atoms with Crippen LogP contribution in [0, 0.1) is 5.92 Å². The van der Waals surface area contributed by atoms with Crippen LogP contribution in [0.15, 0.2) is 35.7 Å². The van der Waals surface area contributed by atoms with Crippen LogP contribution in [-0.4, -0.2) is 23.6 Å². The molecular formula is C14H17N3O3.